The van der Waals surface area contributed by atoms with Gasteiger partial charge in [0.15, 0.2) is 5.96 Å². The fraction of sp³-hybridized carbons (Fsp3) is 0.423. The second kappa shape index (κ2) is 12.4. The number of nitrogens with one attached hydrogen (secondary N) is 3. The first-order chi connectivity index (χ1) is 15.6. The summed E-state index contributed by atoms with van der Waals surface area (Å²) >= 11 is 0. The van der Waals surface area contributed by atoms with Crippen LogP contribution in [0, 0.1) is 0 Å². The summed E-state index contributed by atoms with van der Waals surface area (Å²) in [5.41, 5.74) is 5.17. The Balaban J connectivity index is 0.00000306. The average Bonchev–Trinajstić information content (AvgIpc) is 3.19. The van der Waals surface area contributed by atoms with Gasteiger partial charge in [-0.1, -0.05) is 42.5 Å². The summed E-state index contributed by atoms with van der Waals surface area (Å²) in [4.78, 5) is 10.2. The van der Waals surface area contributed by atoms with Gasteiger partial charge in [-0.2, -0.15) is 0 Å². The molecule has 0 radical (unpaired) electrons. The number of para-hydroxylation sites is 1. The lowest BCUT2D eigenvalue weighted by molar-refractivity contribution is -0.0705. The number of aromatic nitrogens is 1. The molecule has 0 saturated carbocycles. The molecule has 1 fully saturated rings. The Kier molecular flexibility index (Phi) is 9.58. The summed E-state index contributed by atoms with van der Waals surface area (Å²) in [6, 6.07) is 17.1. The van der Waals surface area contributed by atoms with Gasteiger partial charge >= 0.3 is 0 Å². The number of aromatic amines is 1. The molecule has 0 spiro atoms. The third-order valence-electron chi connectivity index (χ3n) is 6.04. The van der Waals surface area contributed by atoms with Crippen molar-refractivity contribution in [2.45, 2.75) is 45.6 Å². The molecule has 3 aromatic rings. The Morgan fingerprint density at radius 3 is 2.45 bits per heavy atom. The Morgan fingerprint density at radius 1 is 1.00 bits per heavy atom. The number of benzene rings is 2. The van der Waals surface area contributed by atoms with E-state index in [0.29, 0.717) is 0 Å². The lowest BCUT2D eigenvalue weighted by atomic mass is 10.1. The first kappa shape index (κ1) is 25.5. The lowest BCUT2D eigenvalue weighted by Gasteiger charge is -2.35. The molecule has 33 heavy (non-hydrogen) atoms. The number of rotatable bonds is 7. The van der Waals surface area contributed by atoms with Gasteiger partial charge in [0.1, 0.15) is 0 Å². The Morgan fingerprint density at radius 2 is 1.70 bits per heavy atom. The van der Waals surface area contributed by atoms with Crippen LogP contribution < -0.4 is 10.6 Å². The van der Waals surface area contributed by atoms with Crippen LogP contribution in [0.15, 0.2) is 59.7 Å². The van der Waals surface area contributed by atoms with E-state index in [1.165, 1.54) is 27.6 Å². The lowest BCUT2D eigenvalue weighted by Crippen LogP contribution is -2.45. The summed E-state index contributed by atoms with van der Waals surface area (Å²) in [7, 11) is 1.82. The van der Waals surface area contributed by atoms with Gasteiger partial charge in [0.25, 0.3) is 0 Å². The van der Waals surface area contributed by atoms with Crippen LogP contribution in [-0.2, 0) is 24.2 Å². The molecular formula is C26H36IN5O. The van der Waals surface area contributed by atoms with Crippen LogP contribution in [0.4, 0.5) is 0 Å². The molecule has 1 aromatic heterocycles. The number of nitrogens with zero attached hydrogens (tertiary/aromatic N) is 2. The standard InChI is InChI=1S/C26H35N5O.HI/c1-19-16-31(17-20(2)32-19)18-23-9-5-4-8-21(23)14-30-26(27-3)28-13-12-22-15-29-25-11-7-6-10-24(22)25;/h4-11,15,19-20,29H,12-14,16-18H2,1-3H3,(H2,27,28,30);1H. The van der Waals surface area contributed by atoms with Crippen LogP contribution in [0.2, 0.25) is 0 Å². The third-order valence-corrected chi connectivity index (χ3v) is 6.04. The number of aliphatic imine (C=N–C) groups is 1. The van der Waals surface area contributed by atoms with Gasteiger partial charge < -0.3 is 20.4 Å². The molecule has 2 unspecified atom stereocenters. The highest BCUT2D eigenvalue weighted by Gasteiger charge is 2.22. The molecule has 7 heteroatoms. The maximum absolute atomic E-state index is 5.89. The summed E-state index contributed by atoms with van der Waals surface area (Å²) in [6.45, 7) is 8.78. The van der Waals surface area contributed by atoms with E-state index in [1.807, 2.05) is 7.05 Å². The first-order valence-corrected chi connectivity index (χ1v) is 11.6. The van der Waals surface area contributed by atoms with Gasteiger partial charge in [0.2, 0.25) is 0 Å². The van der Waals surface area contributed by atoms with E-state index in [-0.39, 0.29) is 36.2 Å². The van der Waals surface area contributed by atoms with Gasteiger partial charge in [-0.15, -0.1) is 24.0 Å². The van der Waals surface area contributed by atoms with Crippen molar-refractivity contribution in [3.8, 4) is 0 Å². The Labute approximate surface area is 214 Å². The molecule has 0 bridgehead atoms. The smallest absolute Gasteiger partial charge is 0.191 e. The Hall–Kier alpha value is -2.10. The van der Waals surface area contributed by atoms with Crippen molar-refractivity contribution in [1.29, 1.82) is 0 Å². The first-order valence-electron chi connectivity index (χ1n) is 11.6. The highest BCUT2D eigenvalue weighted by Crippen LogP contribution is 2.18. The zero-order valence-electron chi connectivity index (χ0n) is 19.8. The molecule has 0 aliphatic carbocycles. The van der Waals surface area contributed by atoms with E-state index in [4.69, 9.17) is 4.74 Å². The molecule has 1 aliphatic heterocycles. The van der Waals surface area contributed by atoms with Crippen LogP contribution in [0.1, 0.15) is 30.5 Å². The number of halogens is 1. The minimum absolute atomic E-state index is 0. The van der Waals surface area contributed by atoms with Gasteiger partial charge in [0.05, 0.1) is 12.2 Å². The highest BCUT2D eigenvalue weighted by atomic mass is 127. The topological polar surface area (TPSA) is 64.7 Å². The fourth-order valence-electron chi connectivity index (χ4n) is 4.59. The number of hydrogen-bond acceptors (Lipinski definition) is 3. The fourth-order valence-corrected chi connectivity index (χ4v) is 4.59. The Bertz CT molecular complexity index is 1040. The molecule has 178 valence electrons. The van der Waals surface area contributed by atoms with Crippen LogP contribution in [0.5, 0.6) is 0 Å². The molecule has 3 N–H and O–H groups in total. The van der Waals surface area contributed by atoms with Crippen molar-refractivity contribution in [3.05, 3.63) is 71.4 Å². The normalized spacial score (nSPS) is 19.3. The van der Waals surface area contributed by atoms with Crippen molar-refractivity contribution < 1.29 is 4.74 Å². The SMILES string of the molecule is CN=C(NCCc1c[nH]c2ccccc12)NCc1ccccc1CN1CC(C)OC(C)C1.I. The van der Waals surface area contributed by atoms with E-state index in [1.54, 1.807) is 0 Å². The van der Waals surface area contributed by atoms with Gasteiger partial charge in [-0.3, -0.25) is 9.89 Å². The number of guanidine groups is 1. The maximum atomic E-state index is 5.89. The molecule has 2 aromatic carbocycles. The average molecular weight is 562 g/mol. The van der Waals surface area contributed by atoms with Crippen LogP contribution in [0.3, 0.4) is 0 Å². The zero-order chi connectivity index (χ0) is 22.3. The molecule has 2 heterocycles. The highest BCUT2D eigenvalue weighted by molar-refractivity contribution is 14.0. The number of fused-ring (bicyclic) bond motifs is 1. The summed E-state index contributed by atoms with van der Waals surface area (Å²) in [6.07, 6.45) is 3.61. The second-order valence-electron chi connectivity index (χ2n) is 8.68. The van der Waals surface area contributed by atoms with Crippen molar-refractivity contribution in [1.82, 2.24) is 20.5 Å². The van der Waals surface area contributed by atoms with Gasteiger partial charge in [-0.05, 0) is 43.0 Å². The molecule has 4 rings (SSSR count). The van der Waals surface area contributed by atoms with Crippen molar-refractivity contribution in [2.75, 3.05) is 26.7 Å². The summed E-state index contributed by atoms with van der Waals surface area (Å²) in [5.74, 6) is 0.827. The second-order valence-corrected chi connectivity index (χ2v) is 8.68. The molecule has 1 aliphatic rings. The summed E-state index contributed by atoms with van der Waals surface area (Å²) < 4.78 is 5.89. The van der Waals surface area contributed by atoms with Crippen molar-refractivity contribution in [3.63, 3.8) is 0 Å². The van der Waals surface area contributed by atoms with E-state index < -0.39 is 0 Å². The van der Waals surface area contributed by atoms with Crippen molar-refractivity contribution in [2.24, 2.45) is 4.99 Å². The minimum atomic E-state index is 0. The van der Waals surface area contributed by atoms with Gasteiger partial charge in [0, 0.05) is 56.9 Å². The van der Waals surface area contributed by atoms with Crippen LogP contribution >= 0.6 is 24.0 Å². The quantitative estimate of drug-likeness (QED) is 0.229. The van der Waals surface area contributed by atoms with E-state index >= 15 is 0 Å². The number of hydrogen-bond donors (Lipinski definition) is 3. The molecule has 2 atom stereocenters. The van der Waals surface area contributed by atoms with Gasteiger partial charge in [-0.25, -0.2) is 0 Å². The monoisotopic (exact) mass is 561 g/mol. The van der Waals surface area contributed by atoms with Crippen molar-refractivity contribution >= 4 is 40.8 Å². The molecule has 0 amide bonds. The largest absolute Gasteiger partial charge is 0.373 e. The predicted molar refractivity (Wildman–Crippen MR) is 147 cm³/mol. The van der Waals surface area contributed by atoms with Crippen LogP contribution in [-0.4, -0.2) is 54.7 Å². The molecule has 1 saturated heterocycles. The molecular weight excluding hydrogens is 525 g/mol. The van der Waals surface area contributed by atoms with E-state index in [9.17, 15) is 0 Å². The van der Waals surface area contributed by atoms with Crippen LogP contribution in [0.25, 0.3) is 10.9 Å². The predicted octanol–water partition coefficient (Wildman–Crippen LogP) is 4.30. The number of ether oxygens (including phenoxy) is 1. The molecule has 6 nitrogen and oxygen atoms in total. The third kappa shape index (κ3) is 6.94. The van der Waals surface area contributed by atoms with E-state index in [2.05, 4.69) is 94.1 Å². The summed E-state index contributed by atoms with van der Waals surface area (Å²) in [5, 5.41) is 8.23. The number of H-pyrrole nitrogens is 1. The number of morpholine rings is 1. The van der Waals surface area contributed by atoms with E-state index in [0.717, 1.165) is 45.1 Å². The maximum Gasteiger partial charge on any atom is 0.191 e. The zero-order valence-corrected chi connectivity index (χ0v) is 22.1. The minimum Gasteiger partial charge on any atom is -0.373 e.